The summed E-state index contributed by atoms with van der Waals surface area (Å²) in [5.41, 5.74) is -1.02. The summed E-state index contributed by atoms with van der Waals surface area (Å²) in [6.07, 6.45) is -16.6. The van der Waals surface area contributed by atoms with E-state index in [1.807, 2.05) is 0 Å². The third-order valence-electron chi connectivity index (χ3n) is 3.95. The second-order valence-electron chi connectivity index (χ2n) is 4.78. The molecule has 1 aliphatic rings. The van der Waals surface area contributed by atoms with Crippen LogP contribution in [-0.4, -0.2) is 35.8 Å². The Morgan fingerprint density at radius 1 is 1.11 bits per heavy atom. The monoisotopic (exact) mass is 294 g/mol. The molecule has 0 aromatic heterocycles. The maximum Gasteiger partial charge on any atom is 0.423 e. The van der Waals surface area contributed by atoms with Crippen LogP contribution >= 0.6 is 0 Å². The van der Waals surface area contributed by atoms with Gasteiger partial charge in [-0.3, -0.25) is 0 Å². The molecule has 114 valence electrons. The molecule has 1 fully saturated rings. The van der Waals surface area contributed by atoms with Crippen molar-refractivity contribution in [2.75, 3.05) is 0 Å². The first kappa shape index (κ1) is 16.6. The van der Waals surface area contributed by atoms with Crippen molar-refractivity contribution >= 4 is 0 Å². The van der Waals surface area contributed by atoms with Gasteiger partial charge in [0.15, 0.2) is 0 Å². The van der Waals surface area contributed by atoms with Gasteiger partial charge in [-0.25, -0.2) is 0 Å². The van der Waals surface area contributed by atoms with E-state index in [1.165, 1.54) is 0 Å². The summed E-state index contributed by atoms with van der Waals surface area (Å²) < 4.78 is 78.6. The van der Waals surface area contributed by atoms with Gasteiger partial charge in [-0.2, -0.15) is 26.3 Å². The molecule has 0 saturated heterocycles. The molecule has 0 spiro atoms. The van der Waals surface area contributed by atoms with Crippen LogP contribution in [0.25, 0.3) is 0 Å². The smallest absolute Gasteiger partial charge is 0.392 e. The Morgan fingerprint density at radius 3 is 1.79 bits per heavy atom. The SMILES string of the molecule is CCC1(CC)C(O)CC1OC(C(F)(F)F)C(F)(F)F. The van der Waals surface area contributed by atoms with Crippen molar-refractivity contribution in [3.63, 3.8) is 0 Å². The van der Waals surface area contributed by atoms with Gasteiger partial charge in [0.05, 0.1) is 12.2 Å². The second kappa shape index (κ2) is 5.12. The van der Waals surface area contributed by atoms with Crippen LogP contribution in [0.3, 0.4) is 0 Å². The van der Waals surface area contributed by atoms with Crippen molar-refractivity contribution in [2.45, 2.75) is 63.8 Å². The van der Waals surface area contributed by atoms with E-state index in [2.05, 4.69) is 4.74 Å². The van der Waals surface area contributed by atoms with E-state index in [9.17, 15) is 31.4 Å². The molecule has 0 aromatic rings. The summed E-state index contributed by atoms with van der Waals surface area (Å²) in [4.78, 5) is 0. The van der Waals surface area contributed by atoms with E-state index in [0.29, 0.717) is 0 Å². The second-order valence-corrected chi connectivity index (χ2v) is 4.78. The fraction of sp³-hybridized carbons (Fsp3) is 1.00. The number of rotatable bonds is 4. The van der Waals surface area contributed by atoms with Gasteiger partial charge in [-0.05, 0) is 12.8 Å². The van der Waals surface area contributed by atoms with Gasteiger partial charge in [-0.1, -0.05) is 13.8 Å². The Kier molecular flexibility index (Phi) is 4.46. The first-order valence-corrected chi connectivity index (χ1v) is 5.96. The molecule has 19 heavy (non-hydrogen) atoms. The first-order valence-electron chi connectivity index (χ1n) is 5.96. The lowest BCUT2D eigenvalue weighted by molar-refractivity contribution is -0.355. The third kappa shape index (κ3) is 2.99. The summed E-state index contributed by atoms with van der Waals surface area (Å²) in [5.74, 6) is 0. The highest BCUT2D eigenvalue weighted by Gasteiger charge is 2.62. The molecule has 0 radical (unpaired) electrons. The van der Waals surface area contributed by atoms with Crippen molar-refractivity contribution in [3.05, 3.63) is 0 Å². The standard InChI is InChI=1S/C11H16F6O2/c1-3-9(4-2)6(18)5-7(9)19-8(10(12,13)14)11(15,16)17/h6-8,18H,3-5H2,1-2H3. The van der Waals surface area contributed by atoms with Crippen LogP contribution in [0.1, 0.15) is 33.1 Å². The number of alkyl halides is 6. The molecule has 1 saturated carbocycles. The largest absolute Gasteiger partial charge is 0.423 e. The molecule has 0 amide bonds. The van der Waals surface area contributed by atoms with Gasteiger partial charge in [0.1, 0.15) is 0 Å². The number of hydrogen-bond acceptors (Lipinski definition) is 2. The van der Waals surface area contributed by atoms with Crippen LogP contribution < -0.4 is 0 Å². The van der Waals surface area contributed by atoms with Crippen LogP contribution in [0.15, 0.2) is 0 Å². The van der Waals surface area contributed by atoms with Gasteiger partial charge < -0.3 is 9.84 Å². The average Bonchev–Trinajstić information content (AvgIpc) is 2.22. The topological polar surface area (TPSA) is 29.5 Å². The Labute approximate surface area is 106 Å². The van der Waals surface area contributed by atoms with Crippen LogP contribution in [0.4, 0.5) is 26.3 Å². The van der Waals surface area contributed by atoms with Crippen molar-refractivity contribution in [1.82, 2.24) is 0 Å². The van der Waals surface area contributed by atoms with E-state index in [4.69, 9.17) is 0 Å². The minimum absolute atomic E-state index is 0.204. The zero-order chi connectivity index (χ0) is 15.1. The molecule has 2 unspecified atom stereocenters. The van der Waals surface area contributed by atoms with E-state index in [0.717, 1.165) is 0 Å². The zero-order valence-corrected chi connectivity index (χ0v) is 10.5. The molecule has 8 heteroatoms. The number of ether oxygens (including phenoxy) is 1. The molecule has 0 aromatic carbocycles. The molecule has 0 aliphatic heterocycles. The van der Waals surface area contributed by atoms with E-state index >= 15 is 0 Å². The van der Waals surface area contributed by atoms with Gasteiger partial charge >= 0.3 is 12.4 Å². The van der Waals surface area contributed by atoms with Crippen LogP contribution in [0, 0.1) is 5.41 Å². The maximum atomic E-state index is 12.4. The molecule has 1 rings (SSSR count). The van der Waals surface area contributed by atoms with Crippen molar-refractivity contribution < 1.29 is 36.2 Å². The Bertz CT molecular complexity index is 293. The Hall–Kier alpha value is -0.500. The quantitative estimate of drug-likeness (QED) is 0.805. The third-order valence-corrected chi connectivity index (χ3v) is 3.95. The number of aliphatic hydroxyl groups excluding tert-OH is 1. The molecule has 1 N–H and O–H groups in total. The van der Waals surface area contributed by atoms with Gasteiger partial charge in [0, 0.05) is 11.8 Å². The number of halogens is 6. The number of aliphatic hydroxyl groups is 1. The molecular weight excluding hydrogens is 278 g/mol. The molecule has 2 atom stereocenters. The normalized spacial score (nSPS) is 27.5. The van der Waals surface area contributed by atoms with Crippen molar-refractivity contribution in [1.29, 1.82) is 0 Å². The summed E-state index contributed by atoms with van der Waals surface area (Å²) in [5, 5.41) is 9.60. The Balaban J connectivity index is 2.88. The summed E-state index contributed by atoms with van der Waals surface area (Å²) in [6, 6.07) is 0. The first-order chi connectivity index (χ1) is 8.49. The highest BCUT2D eigenvalue weighted by molar-refractivity contribution is 5.03. The van der Waals surface area contributed by atoms with E-state index in [-0.39, 0.29) is 19.3 Å². The zero-order valence-electron chi connectivity index (χ0n) is 10.5. The highest BCUT2D eigenvalue weighted by Crippen LogP contribution is 2.51. The predicted octanol–water partition coefficient (Wildman–Crippen LogP) is 3.44. The lowest BCUT2D eigenvalue weighted by Gasteiger charge is -2.53. The minimum atomic E-state index is -5.51. The molecule has 0 heterocycles. The van der Waals surface area contributed by atoms with Crippen LogP contribution in [-0.2, 0) is 4.74 Å². The average molecular weight is 294 g/mol. The fourth-order valence-corrected chi connectivity index (χ4v) is 2.60. The lowest BCUT2D eigenvalue weighted by Crippen LogP contribution is -2.61. The lowest BCUT2D eigenvalue weighted by atomic mass is 9.60. The van der Waals surface area contributed by atoms with Crippen molar-refractivity contribution in [3.8, 4) is 0 Å². The van der Waals surface area contributed by atoms with E-state index < -0.39 is 36.1 Å². The molecule has 2 nitrogen and oxygen atoms in total. The summed E-state index contributed by atoms with van der Waals surface area (Å²) >= 11 is 0. The Morgan fingerprint density at radius 2 is 1.53 bits per heavy atom. The van der Waals surface area contributed by atoms with E-state index in [1.54, 1.807) is 13.8 Å². The van der Waals surface area contributed by atoms with Crippen LogP contribution in [0.2, 0.25) is 0 Å². The maximum absolute atomic E-state index is 12.4. The predicted molar refractivity (Wildman–Crippen MR) is 54.4 cm³/mol. The van der Waals surface area contributed by atoms with Gasteiger partial charge in [0.2, 0.25) is 6.10 Å². The van der Waals surface area contributed by atoms with Crippen LogP contribution in [0.5, 0.6) is 0 Å². The summed E-state index contributed by atoms with van der Waals surface area (Å²) in [6.45, 7) is 3.22. The van der Waals surface area contributed by atoms with Crippen molar-refractivity contribution in [2.24, 2.45) is 5.41 Å². The highest BCUT2D eigenvalue weighted by atomic mass is 19.4. The molecular formula is C11H16F6O2. The molecule has 1 aliphatic carbocycles. The minimum Gasteiger partial charge on any atom is -0.392 e. The van der Waals surface area contributed by atoms with Gasteiger partial charge in [-0.15, -0.1) is 0 Å². The number of hydrogen-bond donors (Lipinski definition) is 1. The molecule has 0 bridgehead atoms. The fourth-order valence-electron chi connectivity index (χ4n) is 2.60. The van der Waals surface area contributed by atoms with Gasteiger partial charge in [0.25, 0.3) is 0 Å². The summed E-state index contributed by atoms with van der Waals surface area (Å²) in [7, 11) is 0.